The third-order valence-electron chi connectivity index (χ3n) is 3.85. The standard InChI is InChI=1S/C16H23ClO/c1-3-4-5-13-6-8-14(9-7-13)15(17)16-12(2)10-11-18-16/h6-9,12,15-16H,3-5,10-11H2,1-2H3. The predicted molar refractivity (Wildman–Crippen MR) is 77.2 cm³/mol. The molecule has 0 saturated carbocycles. The van der Waals surface area contributed by atoms with Crippen molar-refractivity contribution in [1.82, 2.24) is 0 Å². The van der Waals surface area contributed by atoms with Crippen LogP contribution in [0, 0.1) is 5.92 Å². The van der Waals surface area contributed by atoms with E-state index in [2.05, 4.69) is 38.1 Å². The van der Waals surface area contributed by atoms with Gasteiger partial charge in [-0.3, -0.25) is 0 Å². The monoisotopic (exact) mass is 266 g/mol. The fourth-order valence-corrected chi connectivity index (χ4v) is 3.00. The molecule has 3 atom stereocenters. The minimum atomic E-state index is -0.0114. The van der Waals surface area contributed by atoms with Crippen LogP contribution in [0.3, 0.4) is 0 Å². The van der Waals surface area contributed by atoms with Crippen molar-refractivity contribution in [1.29, 1.82) is 0 Å². The minimum absolute atomic E-state index is 0.0114. The van der Waals surface area contributed by atoms with Gasteiger partial charge in [0, 0.05) is 6.61 Å². The van der Waals surface area contributed by atoms with Gasteiger partial charge < -0.3 is 4.74 Å². The first-order valence-electron chi connectivity index (χ1n) is 7.07. The van der Waals surface area contributed by atoms with Gasteiger partial charge in [-0.2, -0.15) is 0 Å². The van der Waals surface area contributed by atoms with Gasteiger partial charge in [-0.25, -0.2) is 0 Å². The smallest absolute Gasteiger partial charge is 0.0849 e. The molecule has 100 valence electrons. The molecule has 1 aromatic carbocycles. The second-order valence-corrected chi connectivity index (χ2v) is 5.82. The summed E-state index contributed by atoms with van der Waals surface area (Å²) in [4.78, 5) is 0. The molecule has 2 rings (SSSR count). The summed E-state index contributed by atoms with van der Waals surface area (Å²) in [5.74, 6) is 0.562. The Morgan fingerprint density at radius 3 is 2.61 bits per heavy atom. The first-order valence-corrected chi connectivity index (χ1v) is 7.50. The van der Waals surface area contributed by atoms with Crippen molar-refractivity contribution in [2.45, 2.75) is 51.0 Å². The molecule has 1 fully saturated rings. The van der Waals surface area contributed by atoms with E-state index < -0.39 is 0 Å². The van der Waals surface area contributed by atoms with Gasteiger partial charge in [0.2, 0.25) is 0 Å². The average molecular weight is 267 g/mol. The van der Waals surface area contributed by atoms with Crippen molar-refractivity contribution in [2.75, 3.05) is 6.61 Å². The number of alkyl halides is 1. The zero-order valence-corrected chi connectivity index (χ0v) is 12.1. The summed E-state index contributed by atoms with van der Waals surface area (Å²) in [6.07, 6.45) is 4.97. The molecule has 0 amide bonds. The quantitative estimate of drug-likeness (QED) is 0.700. The van der Waals surface area contributed by atoms with Crippen LogP contribution in [0.5, 0.6) is 0 Å². The normalized spacial score (nSPS) is 25.3. The van der Waals surface area contributed by atoms with Crippen molar-refractivity contribution >= 4 is 11.6 Å². The summed E-state index contributed by atoms with van der Waals surface area (Å²) in [6.45, 7) is 5.30. The van der Waals surface area contributed by atoms with Crippen molar-refractivity contribution in [3.8, 4) is 0 Å². The second kappa shape index (κ2) is 6.58. The number of benzene rings is 1. The van der Waals surface area contributed by atoms with Gasteiger partial charge in [0.15, 0.2) is 0 Å². The van der Waals surface area contributed by atoms with Crippen LogP contribution in [0.2, 0.25) is 0 Å². The Hall–Kier alpha value is -0.530. The lowest BCUT2D eigenvalue weighted by molar-refractivity contribution is 0.0903. The van der Waals surface area contributed by atoms with Crippen molar-refractivity contribution < 1.29 is 4.74 Å². The fourth-order valence-electron chi connectivity index (χ4n) is 2.53. The molecular formula is C16H23ClO. The van der Waals surface area contributed by atoms with Gasteiger partial charge in [-0.15, -0.1) is 11.6 Å². The number of aryl methyl sites for hydroxylation is 1. The van der Waals surface area contributed by atoms with Gasteiger partial charge in [0.05, 0.1) is 11.5 Å². The molecule has 0 aromatic heterocycles. The Kier molecular flexibility index (Phi) is 5.08. The Morgan fingerprint density at radius 1 is 1.33 bits per heavy atom. The zero-order valence-electron chi connectivity index (χ0n) is 11.4. The number of hydrogen-bond acceptors (Lipinski definition) is 1. The van der Waals surface area contributed by atoms with Crippen LogP contribution in [0.1, 0.15) is 49.6 Å². The Bertz CT molecular complexity index is 360. The molecule has 0 bridgehead atoms. The molecule has 1 aliphatic rings. The number of ether oxygens (including phenoxy) is 1. The highest BCUT2D eigenvalue weighted by molar-refractivity contribution is 6.21. The molecule has 0 spiro atoms. The van der Waals surface area contributed by atoms with E-state index in [0.29, 0.717) is 5.92 Å². The lowest BCUT2D eigenvalue weighted by Crippen LogP contribution is -2.19. The molecule has 1 aromatic rings. The highest BCUT2D eigenvalue weighted by atomic mass is 35.5. The second-order valence-electron chi connectivity index (χ2n) is 5.35. The summed E-state index contributed by atoms with van der Waals surface area (Å²) in [7, 11) is 0. The molecule has 18 heavy (non-hydrogen) atoms. The Morgan fingerprint density at radius 2 is 2.06 bits per heavy atom. The molecule has 2 heteroatoms. The SMILES string of the molecule is CCCCc1ccc(C(Cl)C2OCCC2C)cc1. The summed E-state index contributed by atoms with van der Waals surface area (Å²) >= 11 is 6.54. The molecule has 1 nitrogen and oxygen atoms in total. The number of unbranched alkanes of at least 4 members (excludes halogenated alkanes) is 1. The number of rotatable bonds is 5. The summed E-state index contributed by atoms with van der Waals surface area (Å²) in [5.41, 5.74) is 2.60. The summed E-state index contributed by atoms with van der Waals surface area (Å²) < 4.78 is 5.74. The van der Waals surface area contributed by atoms with Gasteiger partial charge in [-0.05, 0) is 36.3 Å². The van der Waals surface area contributed by atoms with Gasteiger partial charge >= 0.3 is 0 Å². The van der Waals surface area contributed by atoms with Gasteiger partial charge in [0.25, 0.3) is 0 Å². The highest BCUT2D eigenvalue weighted by Crippen LogP contribution is 2.35. The van der Waals surface area contributed by atoms with Gasteiger partial charge in [0.1, 0.15) is 0 Å². The first-order chi connectivity index (χ1) is 8.72. The molecule has 3 unspecified atom stereocenters. The maximum atomic E-state index is 6.54. The first kappa shape index (κ1) is 13.9. The zero-order chi connectivity index (χ0) is 13.0. The van der Waals surface area contributed by atoms with Crippen LogP contribution < -0.4 is 0 Å². The van der Waals surface area contributed by atoms with Crippen LogP contribution in [0.4, 0.5) is 0 Å². The van der Waals surface area contributed by atoms with E-state index in [9.17, 15) is 0 Å². The Balaban J connectivity index is 2.00. The molecule has 0 aliphatic carbocycles. The van der Waals surface area contributed by atoms with Gasteiger partial charge in [-0.1, -0.05) is 44.5 Å². The van der Waals surface area contributed by atoms with Crippen LogP contribution >= 0.6 is 11.6 Å². The van der Waals surface area contributed by atoms with Crippen molar-refractivity contribution in [3.05, 3.63) is 35.4 Å². The number of halogens is 1. The lowest BCUT2D eigenvalue weighted by Gasteiger charge is -2.21. The maximum absolute atomic E-state index is 6.54. The molecule has 1 saturated heterocycles. The molecule has 1 heterocycles. The van der Waals surface area contributed by atoms with Crippen molar-refractivity contribution in [3.63, 3.8) is 0 Å². The van der Waals surface area contributed by atoms with E-state index in [1.54, 1.807) is 0 Å². The van der Waals surface area contributed by atoms with E-state index >= 15 is 0 Å². The average Bonchev–Trinajstić information content (AvgIpc) is 2.82. The molecule has 0 radical (unpaired) electrons. The molecule has 1 aliphatic heterocycles. The van der Waals surface area contributed by atoms with E-state index in [1.807, 2.05) is 0 Å². The third-order valence-corrected chi connectivity index (χ3v) is 4.35. The van der Waals surface area contributed by atoms with Crippen LogP contribution in [-0.2, 0) is 11.2 Å². The summed E-state index contributed by atoms with van der Waals surface area (Å²) in [6, 6.07) is 8.74. The van der Waals surface area contributed by atoms with Crippen LogP contribution in [-0.4, -0.2) is 12.7 Å². The van der Waals surface area contributed by atoms with Crippen molar-refractivity contribution in [2.24, 2.45) is 5.92 Å². The maximum Gasteiger partial charge on any atom is 0.0849 e. The van der Waals surface area contributed by atoms with E-state index in [-0.39, 0.29) is 11.5 Å². The minimum Gasteiger partial charge on any atom is -0.376 e. The Labute approximate surface area is 115 Å². The largest absolute Gasteiger partial charge is 0.376 e. The number of hydrogen-bond donors (Lipinski definition) is 0. The predicted octanol–water partition coefficient (Wildman–Crippen LogP) is 4.73. The third kappa shape index (κ3) is 3.27. The highest BCUT2D eigenvalue weighted by Gasteiger charge is 2.31. The van der Waals surface area contributed by atoms with E-state index in [0.717, 1.165) is 13.0 Å². The fraction of sp³-hybridized carbons (Fsp3) is 0.625. The lowest BCUT2D eigenvalue weighted by atomic mass is 9.96. The summed E-state index contributed by atoms with van der Waals surface area (Å²) in [5, 5.41) is -0.0114. The molecule has 0 N–H and O–H groups in total. The van der Waals surface area contributed by atoms with E-state index in [1.165, 1.54) is 30.4 Å². The molecular weight excluding hydrogens is 244 g/mol. The van der Waals surface area contributed by atoms with Crippen LogP contribution in [0.25, 0.3) is 0 Å². The topological polar surface area (TPSA) is 9.23 Å². The van der Waals surface area contributed by atoms with E-state index in [4.69, 9.17) is 16.3 Å². The van der Waals surface area contributed by atoms with Crippen LogP contribution in [0.15, 0.2) is 24.3 Å².